The van der Waals surface area contributed by atoms with Crippen LogP contribution in [-0.4, -0.2) is 20.6 Å². The van der Waals surface area contributed by atoms with Crippen molar-refractivity contribution in [3.05, 3.63) is 58.0 Å². The first-order chi connectivity index (χ1) is 10.5. The summed E-state index contributed by atoms with van der Waals surface area (Å²) >= 11 is 0. The highest BCUT2D eigenvalue weighted by molar-refractivity contribution is 5.89. The minimum atomic E-state index is -1.21. The summed E-state index contributed by atoms with van der Waals surface area (Å²) in [6.07, 6.45) is 2.62. The summed E-state index contributed by atoms with van der Waals surface area (Å²) in [6.45, 7) is 1.93. The summed E-state index contributed by atoms with van der Waals surface area (Å²) in [6, 6.07) is 9.40. The molecule has 0 unspecified atom stereocenters. The van der Waals surface area contributed by atoms with Gasteiger partial charge in [0.15, 0.2) is 0 Å². The summed E-state index contributed by atoms with van der Waals surface area (Å²) < 4.78 is 2.02. The number of aromatic nitrogens is 2. The zero-order valence-electron chi connectivity index (χ0n) is 12.4. The largest absolute Gasteiger partial charge is 0.477 e. The highest BCUT2D eigenvalue weighted by Gasteiger charge is 2.14. The lowest BCUT2D eigenvalue weighted by Gasteiger charge is -2.09. The molecule has 0 radical (unpaired) electrons. The normalized spacial score (nSPS) is 11.0. The van der Waals surface area contributed by atoms with Crippen LogP contribution in [0.3, 0.4) is 0 Å². The third kappa shape index (κ3) is 2.20. The molecule has 3 rings (SSSR count). The third-order valence-electron chi connectivity index (χ3n) is 3.91. The Morgan fingerprint density at radius 1 is 1.27 bits per heavy atom. The van der Waals surface area contributed by atoms with Crippen molar-refractivity contribution in [2.45, 2.75) is 13.3 Å². The van der Waals surface area contributed by atoms with Crippen LogP contribution in [0.1, 0.15) is 22.8 Å². The number of carboxylic acids is 1. The van der Waals surface area contributed by atoms with E-state index in [2.05, 4.69) is 4.98 Å². The summed E-state index contributed by atoms with van der Waals surface area (Å²) in [5.74, 6) is -1.21. The Morgan fingerprint density at radius 2 is 2.05 bits per heavy atom. The van der Waals surface area contributed by atoms with Crippen molar-refractivity contribution >= 4 is 16.9 Å². The molecule has 0 saturated carbocycles. The zero-order chi connectivity index (χ0) is 15.9. The molecule has 0 aliphatic rings. The van der Waals surface area contributed by atoms with Crippen LogP contribution in [0.5, 0.6) is 0 Å². The maximum Gasteiger partial charge on any atom is 0.341 e. The van der Waals surface area contributed by atoms with E-state index in [4.69, 9.17) is 5.11 Å². The maximum absolute atomic E-state index is 12.0. The SMILES string of the molecule is CCc1cc(C(=O)O)c(=O)[nH]c1-c1ccc2c(ccn2C)c1. The number of H-pyrrole nitrogens is 1. The first-order valence-electron chi connectivity index (χ1n) is 7.06. The van der Waals surface area contributed by atoms with Gasteiger partial charge in [0.25, 0.3) is 5.56 Å². The van der Waals surface area contributed by atoms with E-state index in [1.54, 1.807) is 0 Å². The molecule has 2 N–H and O–H groups in total. The van der Waals surface area contributed by atoms with Crippen molar-refractivity contribution in [1.82, 2.24) is 9.55 Å². The number of pyridine rings is 1. The second-order valence-corrected chi connectivity index (χ2v) is 5.27. The molecular formula is C17H16N2O3. The van der Waals surface area contributed by atoms with E-state index in [0.29, 0.717) is 12.1 Å². The van der Waals surface area contributed by atoms with Gasteiger partial charge >= 0.3 is 5.97 Å². The van der Waals surface area contributed by atoms with Crippen molar-refractivity contribution in [3.8, 4) is 11.3 Å². The molecule has 5 heteroatoms. The quantitative estimate of drug-likeness (QED) is 0.780. The Bertz CT molecular complexity index is 935. The highest BCUT2D eigenvalue weighted by atomic mass is 16.4. The molecule has 112 valence electrons. The number of hydrogen-bond donors (Lipinski definition) is 2. The summed E-state index contributed by atoms with van der Waals surface area (Å²) in [7, 11) is 1.98. The van der Waals surface area contributed by atoms with Gasteiger partial charge in [-0.25, -0.2) is 4.79 Å². The molecule has 0 fully saturated rings. The smallest absolute Gasteiger partial charge is 0.341 e. The molecule has 2 aromatic heterocycles. The van der Waals surface area contributed by atoms with E-state index in [1.807, 2.05) is 49.0 Å². The molecule has 0 aliphatic heterocycles. The Hall–Kier alpha value is -2.82. The number of carboxylic acid groups (broad SMARTS) is 1. The molecule has 0 aliphatic carbocycles. The summed E-state index contributed by atoms with van der Waals surface area (Å²) in [4.78, 5) is 25.8. The monoisotopic (exact) mass is 296 g/mol. The lowest BCUT2D eigenvalue weighted by molar-refractivity contribution is 0.0695. The second kappa shape index (κ2) is 5.18. The van der Waals surface area contributed by atoms with Gasteiger partial charge in [0.1, 0.15) is 5.56 Å². The number of hydrogen-bond acceptors (Lipinski definition) is 2. The Labute approximate surface area is 126 Å². The molecule has 0 bridgehead atoms. The van der Waals surface area contributed by atoms with Crippen LogP contribution in [0.4, 0.5) is 0 Å². The number of aromatic amines is 1. The number of rotatable bonds is 3. The van der Waals surface area contributed by atoms with Gasteiger partial charge in [-0.05, 0) is 41.8 Å². The van der Waals surface area contributed by atoms with Gasteiger partial charge < -0.3 is 14.7 Å². The van der Waals surface area contributed by atoms with Gasteiger partial charge in [-0.15, -0.1) is 0 Å². The predicted octanol–water partition coefficient (Wildman–Crippen LogP) is 2.79. The molecular weight excluding hydrogens is 280 g/mol. The molecule has 0 spiro atoms. The molecule has 5 nitrogen and oxygen atoms in total. The third-order valence-corrected chi connectivity index (χ3v) is 3.91. The van der Waals surface area contributed by atoms with Gasteiger partial charge in [-0.1, -0.05) is 13.0 Å². The van der Waals surface area contributed by atoms with Crippen molar-refractivity contribution in [1.29, 1.82) is 0 Å². The number of nitrogens with zero attached hydrogens (tertiary/aromatic N) is 1. The predicted molar refractivity (Wildman–Crippen MR) is 85.3 cm³/mol. The number of fused-ring (bicyclic) bond motifs is 1. The number of aromatic carboxylic acids is 1. The van der Waals surface area contributed by atoms with E-state index in [-0.39, 0.29) is 5.56 Å². The fourth-order valence-corrected chi connectivity index (χ4v) is 2.71. The number of aryl methyl sites for hydroxylation is 2. The van der Waals surface area contributed by atoms with Crippen molar-refractivity contribution in [2.75, 3.05) is 0 Å². The van der Waals surface area contributed by atoms with Crippen LogP contribution < -0.4 is 5.56 Å². The van der Waals surface area contributed by atoms with Gasteiger partial charge in [-0.2, -0.15) is 0 Å². The van der Waals surface area contributed by atoms with Crippen LogP contribution in [0.25, 0.3) is 22.2 Å². The average molecular weight is 296 g/mol. The van der Waals surface area contributed by atoms with Gasteiger partial charge in [-0.3, -0.25) is 4.79 Å². The second-order valence-electron chi connectivity index (χ2n) is 5.27. The maximum atomic E-state index is 12.0. The fourth-order valence-electron chi connectivity index (χ4n) is 2.71. The van der Waals surface area contributed by atoms with E-state index >= 15 is 0 Å². The van der Waals surface area contributed by atoms with Crippen molar-refractivity contribution in [3.63, 3.8) is 0 Å². The van der Waals surface area contributed by atoms with Crippen LogP contribution >= 0.6 is 0 Å². The molecule has 2 heterocycles. The summed E-state index contributed by atoms with van der Waals surface area (Å²) in [5.41, 5.74) is 2.68. The lowest BCUT2D eigenvalue weighted by Crippen LogP contribution is -2.19. The molecule has 3 aromatic rings. The van der Waals surface area contributed by atoms with Crippen molar-refractivity contribution in [2.24, 2.45) is 7.05 Å². The molecule has 1 aromatic carbocycles. The first-order valence-corrected chi connectivity index (χ1v) is 7.06. The molecule has 0 saturated heterocycles. The van der Waals surface area contributed by atoms with Gasteiger partial charge in [0.2, 0.25) is 0 Å². The lowest BCUT2D eigenvalue weighted by atomic mass is 10.0. The average Bonchev–Trinajstić information content (AvgIpc) is 2.87. The Kier molecular flexibility index (Phi) is 3.33. The first kappa shape index (κ1) is 14.1. The van der Waals surface area contributed by atoms with Crippen LogP contribution in [0.2, 0.25) is 0 Å². The number of carbonyl (C=O) groups is 1. The fraction of sp³-hybridized carbons (Fsp3) is 0.176. The minimum absolute atomic E-state index is 0.221. The number of benzene rings is 1. The molecule has 0 amide bonds. The van der Waals surface area contributed by atoms with Crippen LogP contribution in [0, 0.1) is 0 Å². The molecule has 22 heavy (non-hydrogen) atoms. The van der Waals surface area contributed by atoms with Gasteiger partial charge in [0, 0.05) is 24.1 Å². The van der Waals surface area contributed by atoms with Crippen molar-refractivity contribution < 1.29 is 9.90 Å². The van der Waals surface area contributed by atoms with E-state index in [1.165, 1.54) is 6.07 Å². The van der Waals surface area contributed by atoms with E-state index in [0.717, 1.165) is 22.0 Å². The van der Waals surface area contributed by atoms with Gasteiger partial charge in [0.05, 0.1) is 5.69 Å². The highest BCUT2D eigenvalue weighted by Crippen LogP contribution is 2.26. The topological polar surface area (TPSA) is 75.1 Å². The van der Waals surface area contributed by atoms with E-state index < -0.39 is 11.5 Å². The Balaban J connectivity index is 2.22. The number of nitrogens with one attached hydrogen (secondary N) is 1. The minimum Gasteiger partial charge on any atom is -0.477 e. The van der Waals surface area contributed by atoms with Crippen LogP contribution in [0.15, 0.2) is 41.3 Å². The van der Waals surface area contributed by atoms with Crippen LogP contribution in [-0.2, 0) is 13.5 Å². The van der Waals surface area contributed by atoms with E-state index in [9.17, 15) is 9.59 Å². The standard InChI is InChI=1S/C17H16N2O3/c1-3-10-9-13(17(21)22)16(20)18-15(10)12-4-5-14-11(8-12)6-7-19(14)2/h4-9H,3H2,1-2H3,(H,18,20)(H,21,22). The summed E-state index contributed by atoms with van der Waals surface area (Å²) in [5, 5.41) is 10.1. The Morgan fingerprint density at radius 3 is 2.73 bits per heavy atom. The molecule has 0 atom stereocenters. The zero-order valence-corrected chi connectivity index (χ0v) is 12.4.